The second-order valence-corrected chi connectivity index (χ2v) is 9.54. The van der Waals surface area contributed by atoms with Gasteiger partial charge in [0.15, 0.2) is 23.6 Å². The van der Waals surface area contributed by atoms with E-state index in [0.717, 1.165) is 11.1 Å². The molecule has 2 aliphatic rings. The zero-order valence-electron chi connectivity index (χ0n) is 21.3. The summed E-state index contributed by atoms with van der Waals surface area (Å²) in [5.41, 5.74) is 13.5. The standard InChI is InChI=1S/C27H28F3N9/c1-37-24(18-13-21(29)23(22(30)14-18)16-6-10-39(11-7-16)27(33)34)35-36-25(37)19-3-2-17(12-20(19)28)15-4-8-38(9-5-15)26(31)32/h2-4,6,12-14H,5,7-11H2,1H3,(H3,31,32)(H3,33,34). The highest BCUT2D eigenvalue weighted by atomic mass is 19.1. The first-order chi connectivity index (χ1) is 18.6. The Morgan fingerprint density at radius 2 is 1.31 bits per heavy atom. The van der Waals surface area contributed by atoms with E-state index >= 15 is 13.2 Å². The Morgan fingerprint density at radius 1 is 0.769 bits per heavy atom. The average Bonchev–Trinajstić information content (AvgIpc) is 3.29. The molecule has 0 fully saturated rings. The summed E-state index contributed by atoms with van der Waals surface area (Å²) in [6.45, 7) is 1.77. The monoisotopic (exact) mass is 535 g/mol. The van der Waals surface area contributed by atoms with Crippen LogP contribution in [0.3, 0.4) is 0 Å². The molecule has 0 saturated carbocycles. The Balaban J connectivity index is 1.41. The number of guanidine groups is 2. The second-order valence-electron chi connectivity index (χ2n) is 9.54. The molecule has 0 unspecified atom stereocenters. The highest BCUT2D eigenvalue weighted by molar-refractivity contribution is 5.78. The molecule has 39 heavy (non-hydrogen) atoms. The first-order valence-corrected chi connectivity index (χ1v) is 12.4. The lowest BCUT2D eigenvalue weighted by atomic mass is 9.97. The van der Waals surface area contributed by atoms with E-state index in [0.29, 0.717) is 44.6 Å². The predicted octanol–water partition coefficient (Wildman–Crippen LogP) is 3.53. The molecule has 3 aromatic rings. The molecule has 2 aromatic carbocycles. The van der Waals surface area contributed by atoms with Gasteiger partial charge in [-0.2, -0.15) is 0 Å². The molecule has 0 saturated heterocycles. The highest BCUT2D eigenvalue weighted by Gasteiger charge is 2.23. The smallest absolute Gasteiger partial charge is 0.188 e. The Hall–Kier alpha value is -4.61. The summed E-state index contributed by atoms with van der Waals surface area (Å²) in [7, 11) is 1.61. The maximum atomic E-state index is 15.2. The maximum Gasteiger partial charge on any atom is 0.188 e. The Kier molecular flexibility index (Phi) is 6.85. The average molecular weight is 536 g/mol. The molecular weight excluding hydrogens is 507 g/mol. The Bertz CT molecular complexity index is 1520. The van der Waals surface area contributed by atoms with E-state index < -0.39 is 17.5 Å². The van der Waals surface area contributed by atoms with E-state index in [1.165, 1.54) is 22.8 Å². The first kappa shape index (κ1) is 26.0. The minimum atomic E-state index is -0.739. The van der Waals surface area contributed by atoms with Crippen LogP contribution >= 0.6 is 0 Å². The first-order valence-electron chi connectivity index (χ1n) is 12.4. The van der Waals surface area contributed by atoms with Crippen LogP contribution in [0.15, 0.2) is 42.5 Å². The van der Waals surface area contributed by atoms with Crippen LogP contribution in [0, 0.1) is 28.3 Å². The van der Waals surface area contributed by atoms with Gasteiger partial charge in [-0.05, 0) is 53.8 Å². The summed E-state index contributed by atoms with van der Waals surface area (Å²) in [6.07, 6.45) is 4.57. The summed E-state index contributed by atoms with van der Waals surface area (Å²) >= 11 is 0. The fraction of sp³-hybridized carbons (Fsp3) is 0.259. The van der Waals surface area contributed by atoms with Crippen LogP contribution in [0.4, 0.5) is 13.2 Å². The molecule has 0 bridgehead atoms. The van der Waals surface area contributed by atoms with Crippen molar-refractivity contribution < 1.29 is 13.2 Å². The molecule has 0 atom stereocenters. The van der Waals surface area contributed by atoms with Crippen molar-refractivity contribution in [3.05, 3.63) is 71.1 Å². The maximum absolute atomic E-state index is 15.2. The van der Waals surface area contributed by atoms with Crippen molar-refractivity contribution in [2.75, 3.05) is 26.2 Å². The summed E-state index contributed by atoms with van der Waals surface area (Å²) in [6, 6.07) is 7.23. The van der Waals surface area contributed by atoms with E-state index in [2.05, 4.69) is 10.2 Å². The number of rotatable bonds is 4. The zero-order chi connectivity index (χ0) is 27.8. The molecule has 0 amide bonds. The molecule has 0 spiro atoms. The fourth-order valence-electron chi connectivity index (χ4n) is 4.99. The number of halogens is 3. The molecule has 0 aliphatic carbocycles. The van der Waals surface area contributed by atoms with Gasteiger partial charge in [-0.3, -0.25) is 10.8 Å². The minimum Gasteiger partial charge on any atom is -0.370 e. The van der Waals surface area contributed by atoms with E-state index in [1.807, 2.05) is 6.08 Å². The van der Waals surface area contributed by atoms with Gasteiger partial charge in [0.2, 0.25) is 0 Å². The molecule has 1 aromatic heterocycles. The van der Waals surface area contributed by atoms with Gasteiger partial charge >= 0.3 is 0 Å². The minimum absolute atomic E-state index is 0.00592. The molecule has 5 rings (SSSR count). The Morgan fingerprint density at radius 3 is 1.82 bits per heavy atom. The van der Waals surface area contributed by atoms with Crippen LogP contribution in [0.25, 0.3) is 33.9 Å². The third-order valence-electron chi connectivity index (χ3n) is 7.18. The summed E-state index contributed by atoms with van der Waals surface area (Å²) in [5, 5.41) is 23.3. The van der Waals surface area contributed by atoms with Crippen LogP contribution < -0.4 is 11.5 Å². The zero-order valence-corrected chi connectivity index (χ0v) is 21.3. The van der Waals surface area contributed by atoms with Crippen LogP contribution in [0.5, 0.6) is 0 Å². The Labute approximate surface area is 223 Å². The normalized spacial score (nSPS) is 15.7. The van der Waals surface area contributed by atoms with E-state index in [4.69, 9.17) is 22.3 Å². The van der Waals surface area contributed by atoms with Crippen LogP contribution in [-0.4, -0.2) is 62.7 Å². The lowest BCUT2D eigenvalue weighted by Crippen LogP contribution is -2.39. The number of nitrogens with two attached hydrogens (primary N) is 2. The topological polar surface area (TPSA) is 137 Å². The van der Waals surface area contributed by atoms with E-state index in [1.54, 1.807) is 35.1 Å². The van der Waals surface area contributed by atoms with Crippen molar-refractivity contribution in [1.29, 1.82) is 10.8 Å². The lowest BCUT2D eigenvalue weighted by molar-refractivity contribution is 0.449. The second kappa shape index (κ2) is 10.3. The number of hydrogen-bond donors (Lipinski definition) is 4. The van der Waals surface area contributed by atoms with Gasteiger partial charge in [0.05, 0.1) is 5.56 Å². The number of benzene rings is 2. The van der Waals surface area contributed by atoms with Crippen molar-refractivity contribution in [3.8, 4) is 22.8 Å². The largest absolute Gasteiger partial charge is 0.370 e. The fourth-order valence-corrected chi connectivity index (χ4v) is 4.99. The molecular formula is C27H28F3N9. The third kappa shape index (κ3) is 4.97. The SMILES string of the molecule is Cn1c(-c2cc(F)c(C3=CCN(C(=N)N)CC3)c(F)c2)nnc1-c1ccc(C2=CCN(C(=N)N)CC2)cc1F. The molecule has 9 nitrogen and oxygen atoms in total. The lowest BCUT2D eigenvalue weighted by Gasteiger charge is -2.27. The molecule has 202 valence electrons. The van der Waals surface area contributed by atoms with Crippen molar-refractivity contribution in [3.63, 3.8) is 0 Å². The summed E-state index contributed by atoms with van der Waals surface area (Å²) < 4.78 is 47.0. The number of aromatic nitrogens is 3. The van der Waals surface area contributed by atoms with Gasteiger partial charge < -0.3 is 25.8 Å². The molecule has 6 N–H and O–H groups in total. The van der Waals surface area contributed by atoms with Crippen molar-refractivity contribution >= 4 is 23.1 Å². The predicted molar refractivity (Wildman–Crippen MR) is 144 cm³/mol. The molecule has 0 radical (unpaired) electrons. The van der Waals surface area contributed by atoms with Crippen molar-refractivity contribution in [1.82, 2.24) is 24.6 Å². The number of hydrogen-bond acceptors (Lipinski definition) is 4. The van der Waals surface area contributed by atoms with Gasteiger partial charge in [0.1, 0.15) is 17.5 Å². The van der Waals surface area contributed by atoms with Gasteiger partial charge in [0, 0.05) is 44.4 Å². The van der Waals surface area contributed by atoms with E-state index in [9.17, 15) is 0 Å². The molecule has 2 aliphatic heterocycles. The molecule has 3 heterocycles. The van der Waals surface area contributed by atoms with Crippen LogP contribution in [-0.2, 0) is 7.05 Å². The van der Waals surface area contributed by atoms with Gasteiger partial charge in [0.25, 0.3) is 0 Å². The van der Waals surface area contributed by atoms with Gasteiger partial charge in [-0.1, -0.05) is 18.2 Å². The quantitative estimate of drug-likeness (QED) is 0.298. The molecule has 12 heteroatoms. The highest BCUT2D eigenvalue weighted by Crippen LogP contribution is 2.33. The summed E-state index contributed by atoms with van der Waals surface area (Å²) in [4.78, 5) is 3.33. The van der Waals surface area contributed by atoms with Crippen molar-refractivity contribution in [2.45, 2.75) is 12.8 Å². The van der Waals surface area contributed by atoms with Gasteiger partial charge in [-0.15, -0.1) is 10.2 Å². The van der Waals surface area contributed by atoms with Gasteiger partial charge in [-0.25, -0.2) is 13.2 Å². The third-order valence-corrected chi connectivity index (χ3v) is 7.18. The van der Waals surface area contributed by atoms with Crippen LogP contribution in [0.1, 0.15) is 24.0 Å². The van der Waals surface area contributed by atoms with Crippen molar-refractivity contribution in [2.24, 2.45) is 18.5 Å². The van der Waals surface area contributed by atoms with Crippen LogP contribution in [0.2, 0.25) is 0 Å². The van der Waals surface area contributed by atoms with E-state index in [-0.39, 0.29) is 40.3 Å². The summed E-state index contributed by atoms with van der Waals surface area (Å²) in [5.74, 6) is -1.64. The number of nitrogens with one attached hydrogen (secondary N) is 2. The number of nitrogens with zero attached hydrogens (tertiary/aromatic N) is 5.